The summed E-state index contributed by atoms with van der Waals surface area (Å²) in [6, 6.07) is 10.2. The summed E-state index contributed by atoms with van der Waals surface area (Å²) in [7, 11) is 2.06. The number of hydrogen-bond acceptors (Lipinski definition) is 4. The lowest BCUT2D eigenvalue weighted by atomic mass is 10.2. The van der Waals surface area contributed by atoms with Gasteiger partial charge in [0, 0.05) is 25.7 Å². The Morgan fingerprint density at radius 2 is 2.09 bits per heavy atom. The zero-order valence-corrected chi connectivity index (χ0v) is 13.5. The fraction of sp³-hybridized carbons (Fsp3) is 0.444. The average molecular weight is 297 g/mol. The molecule has 0 saturated heterocycles. The van der Waals surface area contributed by atoms with Crippen LogP contribution in [0, 0.1) is 0 Å². The molecule has 0 spiro atoms. The summed E-state index contributed by atoms with van der Waals surface area (Å²) in [6.07, 6.45) is 4.50. The van der Waals surface area contributed by atoms with Crippen molar-refractivity contribution in [1.82, 2.24) is 9.97 Å². The molecule has 0 unspecified atom stereocenters. The Morgan fingerprint density at radius 3 is 2.82 bits per heavy atom. The number of nitrogens with zero attached hydrogens (tertiary/aromatic N) is 3. The van der Waals surface area contributed by atoms with Crippen molar-refractivity contribution in [3.63, 3.8) is 0 Å². The molecule has 22 heavy (non-hydrogen) atoms. The van der Waals surface area contributed by atoms with Gasteiger partial charge in [-0.2, -0.15) is 0 Å². The molecule has 0 bridgehead atoms. The fourth-order valence-corrected chi connectivity index (χ4v) is 2.46. The topological polar surface area (TPSA) is 38.2 Å². The van der Waals surface area contributed by atoms with Crippen LogP contribution in [0.15, 0.2) is 36.5 Å². The van der Waals surface area contributed by atoms with Crippen LogP contribution in [0.5, 0.6) is 5.75 Å². The van der Waals surface area contributed by atoms with Gasteiger partial charge in [0.15, 0.2) is 0 Å². The van der Waals surface area contributed by atoms with Crippen molar-refractivity contribution in [2.45, 2.75) is 45.3 Å². The molecule has 1 fully saturated rings. The molecular formula is C18H23N3O. The predicted octanol–water partition coefficient (Wildman–Crippen LogP) is 3.78. The Morgan fingerprint density at radius 1 is 1.27 bits per heavy atom. The lowest BCUT2D eigenvalue weighted by molar-refractivity contribution is 0.242. The molecule has 116 valence electrons. The van der Waals surface area contributed by atoms with Crippen molar-refractivity contribution in [3.05, 3.63) is 47.9 Å². The molecule has 0 radical (unpaired) electrons. The highest BCUT2D eigenvalue weighted by Crippen LogP contribution is 2.38. The van der Waals surface area contributed by atoms with E-state index in [1.54, 1.807) is 0 Å². The maximum absolute atomic E-state index is 5.76. The summed E-state index contributed by atoms with van der Waals surface area (Å²) in [6.45, 7) is 4.88. The molecule has 1 saturated carbocycles. The highest BCUT2D eigenvalue weighted by molar-refractivity contribution is 5.39. The predicted molar refractivity (Wildman–Crippen MR) is 88.3 cm³/mol. The largest absolute Gasteiger partial charge is 0.491 e. The number of ether oxygens (including phenoxy) is 1. The Kier molecular flexibility index (Phi) is 4.27. The summed E-state index contributed by atoms with van der Waals surface area (Å²) in [5.41, 5.74) is 1.22. The van der Waals surface area contributed by atoms with E-state index in [0.717, 1.165) is 23.9 Å². The average Bonchev–Trinajstić information content (AvgIpc) is 3.32. The van der Waals surface area contributed by atoms with E-state index in [9.17, 15) is 0 Å². The van der Waals surface area contributed by atoms with E-state index < -0.39 is 0 Å². The highest BCUT2D eigenvalue weighted by atomic mass is 16.5. The first kappa shape index (κ1) is 14.8. The van der Waals surface area contributed by atoms with Crippen molar-refractivity contribution < 1.29 is 4.74 Å². The third-order valence-corrected chi connectivity index (χ3v) is 3.68. The van der Waals surface area contributed by atoms with E-state index in [-0.39, 0.29) is 6.10 Å². The van der Waals surface area contributed by atoms with Crippen LogP contribution in [-0.4, -0.2) is 23.1 Å². The molecule has 0 atom stereocenters. The second-order valence-electron chi connectivity index (χ2n) is 6.22. The van der Waals surface area contributed by atoms with Crippen LogP contribution >= 0.6 is 0 Å². The van der Waals surface area contributed by atoms with Gasteiger partial charge < -0.3 is 9.64 Å². The first-order chi connectivity index (χ1) is 10.6. The van der Waals surface area contributed by atoms with E-state index in [2.05, 4.69) is 34.0 Å². The summed E-state index contributed by atoms with van der Waals surface area (Å²) in [5, 5.41) is 0. The summed E-state index contributed by atoms with van der Waals surface area (Å²) in [5.74, 6) is 3.46. The Bertz CT molecular complexity index is 638. The van der Waals surface area contributed by atoms with Crippen LogP contribution in [0.2, 0.25) is 0 Å². The minimum absolute atomic E-state index is 0.191. The van der Waals surface area contributed by atoms with Gasteiger partial charge in [0.05, 0.1) is 6.10 Å². The summed E-state index contributed by atoms with van der Waals surface area (Å²) >= 11 is 0. The molecule has 1 aliphatic rings. The molecule has 2 aromatic rings. The number of hydrogen-bond donors (Lipinski definition) is 0. The third kappa shape index (κ3) is 3.75. The van der Waals surface area contributed by atoms with Crippen molar-refractivity contribution in [2.75, 3.05) is 11.9 Å². The third-order valence-electron chi connectivity index (χ3n) is 3.68. The van der Waals surface area contributed by atoms with Gasteiger partial charge >= 0.3 is 0 Å². The van der Waals surface area contributed by atoms with Crippen molar-refractivity contribution in [3.8, 4) is 5.75 Å². The minimum Gasteiger partial charge on any atom is -0.491 e. The van der Waals surface area contributed by atoms with Crippen LogP contribution in [-0.2, 0) is 6.54 Å². The normalized spacial score (nSPS) is 14.2. The van der Waals surface area contributed by atoms with E-state index >= 15 is 0 Å². The molecule has 0 aliphatic heterocycles. The number of benzene rings is 1. The standard InChI is InChI=1S/C18H23N3O/c1-13(2)22-16-6-4-5-14(11-16)12-21(3)17-9-10-19-18(20-17)15-7-8-15/h4-6,9-11,13,15H,7-8,12H2,1-3H3. The SMILES string of the molecule is CC(C)Oc1cccc(CN(C)c2ccnc(C3CC3)n2)c1. The van der Waals surface area contributed by atoms with Crippen LogP contribution in [0.3, 0.4) is 0 Å². The van der Waals surface area contributed by atoms with Crippen molar-refractivity contribution in [1.29, 1.82) is 0 Å². The summed E-state index contributed by atoms with van der Waals surface area (Å²) in [4.78, 5) is 11.2. The van der Waals surface area contributed by atoms with Gasteiger partial charge in [0.2, 0.25) is 0 Å². The molecule has 0 amide bonds. The molecule has 0 N–H and O–H groups in total. The molecule has 1 aromatic carbocycles. The molecule has 3 rings (SSSR count). The van der Waals surface area contributed by atoms with Gasteiger partial charge in [-0.05, 0) is 50.5 Å². The van der Waals surface area contributed by atoms with Crippen LogP contribution < -0.4 is 9.64 Å². The Balaban J connectivity index is 1.70. The maximum atomic E-state index is 5.76. The summed E-state index contributed by atoms with van der Waals surface area (Å²) < 4.78 is 5.76. The van der Waals surface area contributed by atoms with Gasteiger partial charge in [0.25, 0.3) is 0 Å². The van der Waals surface area contributed by atoms with E-state index in [1.165, 1.54) is 18.4 Å². The van der Waals surface area contributed by atoms with Gasteiger partial charge in [-0.3, -0.25) is 0 Å². The zero-order valence-electron chi connectivity index (χ0n) is 13.5. The molecule has 4 nitrogen and oxygen atoms in total. The number of anilines is 1. The minimum atomic E-state index is 0.191. The Hall–Kier alpha value is -2.10. The monoisotopic (exact) mass is 297 g/mol. The quantitative estimate of drug-likeness (QED) is 0.813. The molecule has 1 aliphatic carbocycles. The van der Waals surface area contributed by atoms with Gasteiger partial charge in [-0.15, -0.1) is 0 Å². The number of aromatic nitrogens is 2. The van der Waals surface area contributed by atoms with Crippen LogP contribution in [0.1, 0.15) is 44.0 Å². The zero-order chi connectivity index (χ0) is 15.5. The maximum Gasteiger partial charge on any atom is 0.133 e. The molecule has 1 aromatic heterocycles. The second kappa shape index (κ2) is 6.34. The van der Waals surface area contributed by atoms with Crippen molar-refractivity contribution in [2.24, 2.45) is 0 Å². The lowest BCUT2D eigenvalue weighted by Gasteiger charge is -2.19. The van der Waals surface area contributed by atoms with E-state index in [0.29, 0.717) is 5.92 Å². The van der Waals surface area contributed by atoms with Gasteiger partial charge in [-0.25, -0.2) is 9.97 Å². The fourth-order valence-electron chi connectivity index (χ4n) is 2.46. The van der Waals surface area contributed by atoms with E-state index in [1.807, 2.05) is 38.2 Å². The Labute approximate surface area is 132 Å². The van der Waals surface area contributed by atoms with Crippen LogP contribution in [0.4, 0.5) is 5.82 Å². The lowest BCUT2D eigenvalue weighted by Crippen LogP contribution is -2.18. The highest BCUT2D eigenvalue weighted by Gasteiger charge is 2.26. The van der Waals surface area contributed by atoms with Crippen LogP contribution in [0.25, 0.3) is 0 Å². The number of rotatable bonds is 6. The second-order valence-corrected chi connectivity index (χ2v) is 6.22. The molecular weight excluding hydrogens is 274 g/mol. The smallest absolute Gasteiger partial charge is 0.133 e. The molecule has 1 heterocycles. The van der Waals surface area contributed by atoms with E-state index in [4.69, 9.17) is 4.74 Å². The molecule has 4 heteroatoms. The van der Waals surface area contributed by atoms with Crippen molar-refractivity contribution >= 4 is 5.82 Å². The first-order valence-corrected chi connectivity index (χ1v) is 7.91. The first-order valence-electron chi connectivity index (χ1n) is 7.91. The van der Waals surface area contributed by atoms with Gasteiger partial charge in [0.1, 0.15) is 17.4 Å². The van der Waals surface area contributed by atoms with Gasteiger partial charge in [-0.1, -0.05) is 12.1 Å².